The lowest BCUT2D eigenvalue weighted by atomic mass is 9.94. The number of carboxylic acid groups (broad SMARTS) is 1. The second-order valence-corrected chi connectivity index (χ2v) is 8.65. The van der Waals surface area contributed by atoms with Crippen molar-refractivity contribution in [2.24, 2.45) is 0 Å². The number of rotatable bonds is 10. The Morgan fingerprint density at radius 3 is 2.15 bits per heavy atom. The van der Waals surface area contributed by atoms with E-state index < -0.39 is 30.2 Å². The number of alkyl carbamates (subject to hydrolysis) is 1. The molecular weight excluding hydrogens is 498 g/mol. The molecule has 3 N–H and O–H groups in total. The molecule has 0 fully saturated rings. The second kappa shape index (κ2) is 12.9. The number of benzene rings is 4. The molecule has 0 spiro atoms. The van der Waals surface area contributed by atoms with Crippen LogP contribution in [0.15, 0.2) is 109 Å². The number of aromatic hydroxyl groups is 1. The number of phenolic OH excluding ortho intramolecular Hbond substituents is 1. The van der Waals surface area contributed by atoms with E-state index in [0.29, 0.717) is 28.5 Å². The molecule has 8 heteroatoms. The molecule has 0 aliphatic rings. The molecule has 0 aliphatic carbocycles. The van der Waals surface area contributed by atoms with Crippen molar-refractivity contribution in [3.8, 4) is 11.5 Å². The zero-order valence-corrected chi connectivity index (χ0v) is 20.9. The monoisotopic (exact) mass is 525 g/mol. The van der Waals surface area contributed by atoms with Gasteiger partial charge in [-0.05, 0) is 48.6 Å². The molecular formula is C31H27NO7. The number of hydrogen-bond acceptors (Lipinski definition) is 6. The van der Waals surface area contributed by atoms with Gasteiger partial charge in [-0.25, -0.2) is 9.59 Å². The van der Waals surface area contributed by atoms with Crippen LogP contribution in [-0.4, -0.2) is 34.3 Å². The van der Waals surface area contributed by atoms with Gasteiger partial charge in [0.05, 0.1) is 0 Å². The number of carboxylic acids is 1. The average molecular weight is 526 g/mol. The van der Waals surface area contributed by atoms with Crippen molar-refractivity contribution in [3.63, 3.8) is 0 Å². The smallest absolute Gasteiger partial charge is 0.414 e. The zero-order valence-electron chi connectivity index (χ0n) is 20.9. The summed E-state index contributed by atoms with van der Waals surface area (Å²) >= 11 is 0. The predicted octanol–water partition coefficient (Wildman–Crippen LogP) is 6.02. The predicted molar refractivity (Wildman–Crippen MR) is 146 cm³/mol. The lowest BCUT2D eigenvalue weighted by Gasteiger charge is -2.29. The number of imide groups is 1. The maximum Gasteiger partial charge on any atom is 0.414 e. The molecule has 0 radical (unpaired) electrons. The molecule has 0 saturated heterocycles. The molecule has 0 heterocycles. The van der Waals surface area contributed by atoms with Crippen molar-refractivity contribution in [2.75, 3.05) is 0 Å². The van der Waals surface area contributed by atoms with Gasteiger partial charge in [-0.15, -0.1) is 0 Å². The highest BCUT2D eigenvalue weighted by atomic mass is 16.6. The van der Waals surface area contributed by atoms with Gasteiger partial charge >= 0.3 is 12.1 Å². The van der Waals surface area contributed by atoms with Crippen LogP contribution < -0.4 is 10.1 Å². The van der Waals surface area contributed by atoms with Crippen LogP contribution in [0.3, 0.4) is 0 Å². The Kier molecular flexibility index (Phi) is 8.92. The highest BCUT2D eigenvalue weighted by Crippen LogP contribution is 2.36. The van der Waals surface area contributed by atoms with Gasteiger partial charge in [0.15, 0.2) is 6.10 Å². The molecule has 198 valence electrons. The fraction of sp³-hybridized carbons (Fsp3) is 0.129. The van der Waals surface area contributed by atoms with E-state index in [-0.39, 0.29) is 17.7 Å². The summed E-state index contributed by atoms with van der Waals surface area (Å²) in [5, 5.41) is 22.9. The first-order valence-electron chi connectivity index (χ1n) is 12.3. The molecule has 4 aromatic rings. The van der Waals surface area contributed by atoms with E-state index in [4.69, 9.17) is 14.6 Å². The Labute approximate surface area is 225 Å². The minimum absolute atomic E-state index is 0.0572. The molecule has 8 nitrogen and oxygen atoms in total. The Bertz CT molecular complexity index is 1470. The first-order valence-corrected chi connectivity index (χ1v) is 12.3. The van der Waals surface area contributed by atoms with Crippen molar-refractivity contribution < 1.29 is 34.1 Å². The van der Waals surface area contributed by atoms with Crippen LogP contribution in [0.5, 0.6) is 11.5 Å². The number of aliphatic carboxylic acids is 1. The van der Waals surface area contributed by atoms with Gasteiger partial charge in [0, 0.05) is 22.6 Å². The van der Waals surface area contributed by atoms with E-state index in [1.54, 1.807) is 84.9 Å². The van der Waals surface area contributed by atoms with Crippen LogP contribution in [0.25, 0.3) is 10.8 Å². The molecule has 0 bridgehead atoms. The molecule has 0 unspecified atom stereocenters. The molecule has 2 amide bonds. The third-order valence-electron chi connectivity index (χ3n) is 5.97. The number of allylic oxidation sites excluding steroid dienone is 1. The maximum absolute atomic E-state index is 13.0. The third-order valence-corrected chi connectivity index (χ3v) is 5.97. The first kappa shape index (κ1) is 26.9. The van der Waals surface area contributed by atoms with Gasteiger partial charge in [-0.1, -0.05) is 72.8 Å². The maximum atomic E-state index is 13.0. The van der Waals surface area contributed by atoms with E-state index in [2.05, 4.69) is 5.32 Å². The number of para-hydroxylation sites is 1. The molecule has 39 heavy (non-hydrogen) atoms. The lowest BCUT2D eigenvalue weighted by molar-refractivity contribution is -0.131. The van der Waals surface area contributed by atoms with Gasteiger partial charge in [0.25, 0.3) is 5.91 Å². The number of phenols is 1. The Morgan fingerprint density at radius 2 is 1.46 bits per heavy atom. The number of hydrogen-bond donors (Lipinski definition) is 3. The average Bonchev–Trinajstić information content (AvgIpc) is 2.95. The fourth-order valence-electron chi connectivity index (χ4n) is 4.18. The number of amides is 2. The van der Waals surface area contributed by atoms with Gasteiger partial charge in [-0.3, -0.25) is 10.1 Å². The van der Waals surface area contributed by atoms with E-state index in [0.717, 1.165) is 6.08 Å². The normalized spacial score (nSPS) is 12.5. The quantitative estimate of drug-likeness (QED) is 0.216. The molecule has 4 rings (SSSR count). The minimum atomic E-state index is -1.08. The number of carbonyl (C=O) groups excluding carboxylic acids is 2. The minimum Gasteiger partial charge on any atom is -0.507 e. The summed E-state index contributed by atoms with van der Waals surface area (Å²) in [6, 6.07) is 27.5. The van der Waals surface area contributed by atoms with E-state index in [1.807, 2.05) is 6.07 Å². The van der Waals surface area contributed by atoms with Gasteiger partial charge in [0.2, 0.25) is 0 Å². The Hall–Kier alpha value is -5.11. The SMILES string of the molecule is O=C(O)/C=C/CC[C@@H](Oc1ccccc1)[C@H](OC(=O)NC(=O)c1ccccc1)c1ccc(O)c2ccccc12. The van der Waals surface area contributed by atoms with Crippen molar-refractivity contribution >= 4 is 28.7 Å². The number of carbonyl (C=O) groups is 3. The zero-order chi connectivity index (χ0) is 27.6. The van der Waals surface area contributed by atoms with Gasteiger partial charge in [0.1, 0.15) is 17.6 Å². The summed E-state index contributed by atoms with van der Waals surface area (Å²) in [5.74, 6) is -1.13. The summed E-state index contributed by atoms with van der Waals surface area (Å²) in [6.07, 6.45) is 0.330. The summed E-state index contributed by atoms with van der Waals surface area (Å²) in [4.78, 5) is 36.6. The molecule has 0 aliphatic heterocycles. The summed E-state index contributed by atoms with van der Waals surface area (Å²) in [7, 11) is 0. The highest BCUT2D eigenvalue weighted by Gasteiger charge is 2.31. The standard InChI is InChI=1S/C31H27NO7/c33-26-20-19-25(23-15-7-8-16-24(23)26)29(39-31(37)32-30(36)21-11-3-1-4-12-21)27(17-9-10-18-28(34)35)38-22-13-5-2-6-14-22/h1-8,10-16,18-20,27,29,33H,9,17H2,(H,34,35)(H,32,36,37)/b18-10+/t27-,29-/m1/s1. The first-order chi connectivity index (χ1) is 18.9. The molecule has 2 atom stereocenters. The van der Waals surface area contributed by atoms with Crippen molar-refractivity contribution in [1.29, 1.82) is 0 Å². The van der Waals surface area contributed by atoms with E-state index in [1.165, 1.54) is 12.1 Å². The van der Waals surface area contributed by atoms with Crippen LogP contribution >= 0.6 is 0 Å². The van der Waals surface area contributed by atoms with Crippen LogP contribution in [0, 0.1) is 0 Å². The highest BCUT2D eigenvalue weighted by molar-refractivity contribution is 6.03. The molecule has 4 aromatic carbocycles. The summed E-state index contributed by atoms with van der Waals surface area (Å²) in [6.45, 7) is 0. The van der Waals surface area contributed by atoms with E-state index in [9.17, 15) is 19.5 Å². The van der Waals surface area contributed by atoms with Gasteiger partial charge in [-0.2, -0.15) is 0 Å². The Morgan fingerprint density at radius 1 is 0.821 bits per heavy atom. The van der Waals surface area contributed by atoms with Crippen LogP contribution in [0.2, 0.25) is 0 Å². The largest absolute Gasteiger partial charge is 0.507 e. The Balaban J connectivity index is 1.71. The van der Waals surface area contributed by atoms with Crippen molar-refractivity contribution in [3.05, 3.63) is 120 Å². The lowest BCUT2D eigenvalue weighted by Crippen LogP contribution is -2.36. The number of ether oxygens (including phenoxy) is 2. The summed E-state index contributed by atoms with van der Waals surface area (Å²) in [5.41, 5.74) is 0.839. The van der Waals surface area contributed by atoms with Crippen LogP contribution in [0.4, 0.5) is 4.79 Å². The summed E-state index contributed by atoms with van der Waals surface area (Å²) < 4.78 is 12.1. The fourth-order valence-corrected chi connectivity index (χ4v) is 4.18. The van der Waals surface area contributed by atoms with E-state index >= 15 is 0 Å². The molecule has 0 saturated carbocycles. The molecule has 0 aromatic heterocycles. The van der Waals surface area contributed by atoms with Crippen molar-refractivity contribution in [2.45, 2.75) is 25.0 Å². The number of fused-ring (bicyclic) bond motifs is 1. The van der Waals surface area contributed by atoms with Crippen LogP contribution in [0.1, 0.15) is 34.9 Å². The van der Waals surface area contributed by atoms with Gasteiger partial charge < -0.3 is 19.7 Å². The van der Waals surface area contributed by atoms with Crippen LogP contribution in [-0.2, 0) is 9.53 Å². The third kappa shape index (κ3) is 7.23. The second-order valence-electron chi connectivity index (χ2n) is 8.65. The topological polar surface area (TPSA) is 122 Å². The number of nitrogens with one attached hydrogen (secondary N) is 1. The van der Waals surface area contributed by atoms with Crippen molar-refractivity contribution in [1.82, 2.24) is 5.32 Å².